The molecule has 3 nitrogen and oxygen atoms in total. The van der Waals surface area contributed by atoms with E-state index in [9.17, 15) is 0 Å². The van der Waals surface area contributed by atoms with Gasteiger partial charge in [-0.05, 0) is 24.6 Å². The SMILES string of the molecule is Cc1ccc(Oc2ccncc2N)c(Cl)c1. The summed E-state index contributed by atoms with van der Waals surface area (Å²) in [5.41, 5.74) is 7.29. The van der Waals surface area contributed by atoms with Crippen LogP contribution in [0.25, 0.3) is 0 Å². The lowest BCUT2D eigenvalue weighted by Gasteiger charge is -2.09. The molecular weight excluding hydrogens is 224 g/mol. The molecule has 1 heterocycles. The highest BCUT2D eigenvalue weighted by atomic mass is 35.5. The van der Waals surface area contributed by atoms with Gasteiger partial charge in [-0.1, -0.05) is 17.7 Å². The van der Waals surface area contributed by atoms with Crippen molar-refractivity contribution in [2.75, 3.05) is 5.73 Å². The fraction of sp³-hybridized carbons (Fsp3) is 0.0833. The summed E-state index contributed by atoms with van der Waals surface area (Å²) < 4.78 is 5.60. The molecule has 4 heteroatoms. The fourth-order valence-electron chi connectivity index (χ4n) is 1.29. The molecule has 0 atom stereocenters. The molecule has 82 valence electrons. The van der Waals surface area contributed by atoms with Crippen molar-refractivity contribution >= 4 is 17.3 Å². The van der Waals surface area contributed by atoms with Gasteiger partial charge < -0.3 is 10.5 Å². The predicted octanol–water partition coefficient (Wildman–Crippen LogP) is 3.42. The van der Waals surface area contributed by atoms with Crippen LogP contribution in [-0.2, 0) is 0 Å². The number of benzene rings is 1. The van der Waals surface area contributed by atoms with Gasteiger partial charge in [-0.2, -0.15) is 0 Å². The van der Waals surface area contributed by atoms with E-state index in [0.29, 0.717) is 22.2 Å². The van der Waals surface area contributed by atoms with E-state index in [2.05, 4.69) is 4.98 Å². The van der Waals surface area contributed by atoms with Crippen LogP contribution in [-0.4, -0.2) is 4.98 Å². The Balaban J connectivity index is 2.31. The molecule has 1 aromatic carbocycles. The van der Waals surface area contributed by atoms with Gasteiger partial charge in [0.25, 0.3) is 0 Å². The first-order valence-corrected chi connectivity index (χ1v) is 5.18. The molecule has 2 rings (SSSR count). The third-order valence-electron chi connectivity index (χ3n) is 2.12. The van der Waals surface area contributed by atoms with E-state index in [1.165, 1.54) is 6.20 Å². The van der Waals surface area contributed by atoms with Crippen molar-refractivity contribution in [1.29, 1.82) is 0 Å². The Morgan fingerprint density at radius 1 is 1.25 bits per heavy atom. The summed E-state index contributed by atoms with van der Waals surface area (Å²) in [6, 6.07) is 7.29. The molecule has 2 N–H and O–H groups in total. The second-order valence-corrected chi connectivity index (χ2v) is 3.86. The summed E-state index contributed by atoms with van der Waals surface area (Å²) in [6.07, 6.45) is 3.16. The smallest absolute Gasteiger partial charge is 0.153 e. The number of aromatic nitrogens is 1. The quantitative estimate of drug-likeness (QED) is 0.866. The molecule has 0 aliphatic carbocycles. The number of ether oxygens (including phenoxy) is 1. The number of hydrogen-bond donors (Lipinski definition) is 1. The van der Waals surface area contributed by atoms with Crippen molar-refractivity contribution in [1.82, 2.24) is 4.98 Å². The van der Waals surface area contributed by atoms with Gasteiger partial charge in [0.15, 0.2) is 5.75 Å². The molecule has 0 saturated heterocycles. The van der Waals surface area contributed by atoms with Gasteiger partial charge in [0, 0.05) is 12.3 Å². The van der Waals surface area contributed by atoms with Gasteiger partial charge in [0.05, 0.1) is 16.9 Å². The highest BCUT2D eigenvalue weighted by Crippen LogP contribution is 2.32. The van der Waals surface area contributed by atoms with E-state index in [1.807, 2.05) is 25.1 Å². The fourth-order valence-corrected chi connectivity index (χ4v) is 1.57. The Labute approximate surface area is 98.8 Å². The van der Waals surface area contributed by atoms with Crippen LogP contribution in [0.15, 0.2) is 36.7 Å². The van der Waals surface area contributed by atoms with Crippen molar-refractivity contribution in [3.63, 3.8) is 0 Å². The lowest BCUT2D eigenvalue weighted by molar-refractivity contribution is 0.484. The topological polar surface area (TPSA) is 48.1 Å². The number of pyridine rings is 1. The molecule has 1 aromatic heterocycles. The van der Waals surface area contributed by atoms with Gasteiger partial charge in [-0.15, -0.1) is 0 Å². The monoisotopic (exact) mass is 234 g/mol. The number of anilines is 1. The van der Waals surface area contributed by atoms with E-state index in [0.717, 1.165) is 5.56 Å². The summed E-state index contributed by atoms with van der Waals surface area (Å²) in [7, 11) is 0. The third-order valence-corrected chi connectivity index (χ3v) is 2.41. The standard InChI is InChI=1S/C12H11ClN2O/c1-8-2-3-11(9(13)6-8)16-12-4-5-15-7-10(12)14/h2-7H,14H2,1H3. The average molecular weight is 235 g/mol. The van der Waals surface area contributed by atoms with Crippen molar-refractivity contribution < 1.29 is 4.74 Å². The molecular formula is C12H11ClN2O. The van der Waals surface area contributed by atoms with Crippen molar-refractivity contribution in [3.8, 4) is 11.5 Å². The van der Waals surface area contributed by atoms with Crippen LogP contribution >= 0.6 is 11.6 Å². The minimum atomic E-state index is 0.485. The maximum absolute atomic E-state index is 6.05. The number of nitrogen functional groups attached to an aromatic ring is 1. The minimum absolute atomic E-state index is 0.485. The zero-order valence-corrected chi connectivity index (χ0v) is 9.53. The summed E-state index contributed by atoms with van der Waals surface area (Å²) in [5.74, 6) is 1.14. The van der Waals surface area contributed by atoms with Gasteiger partial charge in [0.1, 0.15) is 5.75 Å². The molecule has 0 aliphatic heterocycles. The highest BCUT2D eigenvalue weighted by molar-refractivity contribution is 6.32. The third kappa shape index (κ3) is 2.25. The van der Waals surface area contributed by atoms with Gasteiger partial charge >= 0.3 is 0 Å². The van der Waals surface area contributed by atoms with Gasteiger partial charge in [-0.25, -0.2) is 0 Å². The maximum Gasteiger partial charge on any atom is 0.153 e. The zero-order valence-electron chi connectivity index (χ0n) is 8.77. The van der Waals surface area contributed by atoms with Crippen molar-refractivity contribution in [3.05, 3.63) is 47.2 Å². The first-order chi connectivity index (χ1) is 7.66. The van der Waals surface area contributed by atoms with E-state index in [4.69, 9.17) is 22.1 Å². The lowest BCUT2D eigenvalue weighted by atomic mass is 10.2. The summed E-state index contributed by atoms with van der Waals surface area (Å²) >= 11 is 6.05. The highest BCUT2D eigenvalue weighted by Gasteiger charge is 2.05. The van der Waals surface area contributed by atoms with Gasteiger partial charge in [-0.3, -0.25) is 4.98 Å². The number of aryl methyl sites for hydroxylation is 1. The predicted molar refractivity (Wildman–Crippen MR) is 64.9 cm³/mol. The average Bonchev–Trinajstić information content (AvgIpc) is 2.25. The molecule has 2 aromatic rings. The van der Waals surface area contributed by atoms with Crippen molar-refractivity contribution in [2.45, 2.75) is 6.92 Å². The number of hydrogen-bond acceptors (Lipinski definition) is 3. The number of nitrogens with two attached hydrogens (primary N) is 1. The Morgan fingerprint density at radius 2 is 2.06 bits per heavy atom. The first-order valence-electron chi connectivity index (χ1n) is 4.80. The molecule has 16 heavy (non-hydrogen) atoms. The van der Waals surface area contributed by atoms with Crippen LogP contribution in [0, 0.1) is 6.92 Å². The van der Waals surface area contributed by atoms with Crippen LogP contribution in [0.4, 0.5) is 5.69 Å². The maximum atomic E-state index is 6.05. The second-order valence-electron chi connectivity index (χ2n) is 3.45. The zero-order chi connectivity index (χ0) is 11.5. The number of rotatable bonds is 2. The Bertz CT molecular complexity index is 514. The Hall–Kier alpha value is -1.74. The molecule has 0 radical (unpaired) electrons. The minimum Gasteiger partial charge on any atom is -0.454 e. The van der Waals surface area contributed by atoms with Gasteiger partial charge in [0.2, 0.25) is 0 Å². The summed E-state index contributed by atoms with van der Waals surface area (Å²) in [6.45, 7) is 1.97. The van der Waals surface area contributed by atoms with E-state index in [-0.39, 0.29) is 0 Å². The molecule has 0 unspecified atom stereocenters. The summed E-state index contributed by atoms with van der Waals surface area (Å²) in [4.78, 5) is 3.89. The van der Waals surface area contributed by atoms with Crippen LogP contribution < -0.4 is 10.5 Å². The first kappa shape index (κ1) is 10.8. The largest absolute Gasteiger partial charge is 0.454 e. The van der Waals surface area contributed by atoms with E-state index < -0.39 is 0 Å². The normalized spacial score (nSPS) is 10.1. The Morgan fingerprint density at radius 3 is 2.75 bits per heavy atom. The van der Waals surface area contributed by atoms with Crippen LogP contribution in [0.3, 0.4) is 0 Å². The molecule has 0 spiro atoms. The van der Waals surface area contributed by atoms with E-state index in [1.54, 1.807) is 12.3 Å². The number of halogens is 1. The Kier molecular flexibility index (Phi) is 2.97. The van der Waals surface area contributed by atoms with Crippen LogP contribution in [0.1, 0.15) is 5.56 Å². The number of nitrogens with zero attached hydrogens (tertiary/aromatic N) is 1. The van der Waals surface area contributed by atoms with Crippen LogP contribution in [0.5, 0.6) is 11.5 Å². The molecule has 0 amide bonds. The van der Waals surface area contributed by atoms with Crippen molar-refractivity contribution in [2.24, 2.45) is 0 Å². The van der Waals surface area contributed by atoms with E-state index >= 15 is 0 Å². The second kappa shape index (κ2) is 4.41. The molecule has 0 aliphatic rings. The summed E-state index contributed by atoms with van der Waals surface area (Å²) in [5, 5.41) is 0.566. The molecule has 0 fully saturated rings. The molecule has 0 bridgehead atoms. The molecule has 0 saturated carbocycles. The van der Waals surface area contributed by atoms with Crippen LogP contribution in [0.2, 0.25) is 5.02 Å². The lowest BCUT2D eigenvalue weighted by Crippen LogP contribution is -1.93.